The van der Waals surface area contributed by atoms with Crippen molar-refractivity contribution >= 4 is 35.9 Å². The molecule has 1 unspecified atom stereocenters. The third-order valence-corrected chi connectivity index (χ3v) is 6.36. The summed E-state index contributed by atoms with van der Waals surface area (Å²) >= 11 is 4.20. The van der Waals surface area contributed by atoms with Gasteiger partial charge in [0.15, 0.2) is 0 Å². The highest BCUT2D eigenvalue weighted by atomic mass is 32.1. The molecule has 0 aliphatic rings. The van der Waals surface area contributed by atoms with Gasteiger partial charge in [0.25, 0.3) is 11.6 Å². The number of carbonyl (C=O) groups excluding carboxylic acids is 1. The number of hydrogen-bond donors (Lipinski definition) is 2. The van der Waals surface area contributed by atoms with Crippen molar-refractivity contribution in [1.82, 2.24) is 14.9 Å². The third kappa shape index (κ3) is 7.81. The third-order valence-electron chi connectivity index (χ3n) is 6.07. The maximum atomic E-state index is 12.5. The van der Waals surface area contributed by atoms with Gasteiger partial charge in [-0.15, -0.1) is 12.6 Å². The van der Waals surface area contributed by atoms with Crippen molar-refractivity contribution in [1.29, 1.82) is 5.26 Å². The fourth-order valence-corrected chi connectivity index (χ4v) is 4.05. The Kier molecular flexibility index (Phi) is 9.93. The van der Waals surface area contributed by atoms with Crippen LogP contribution in [0, 0.1) is 31.6 Å². The lowest BCUT2D eigenvalue weighted by molar-refractivity contribution is -0.387. The first-order chi connectivity index (χ1) is 21.9. The molecule has 1 heterocycles. The molecule has 0 spiro atoms. The number of amides is 1. The number of ether oxygens (including phenoxy) is 3. The highest BCUT2D eigenvalue weighted by molar-refractivity contribution is 7.80. The summed E-state index contributed by atoms with van der Waals surface area (Å²) in [6.45, 7) is 0. The van der Waals surface area contributed by atoms with Crippen molar-refractivity contribution in [3.05, 3.63) is 104 Å². The number of carbonyl (C=O) groups is 2. The zero-order valence-corrected chi connectivity index (χ0v) is 24.8. The van der Waals surface area contributed by atoms with E-state index >= 15 is 0 Å². The lowest BCUT2D eigenvalue weighted by Gasteiger charge is -2.16. The first kappa shape index (κ1) is 32.6. The van der Waals surface area contributed by atoms with Gasteiger partial charge in [0, 0.05) is 31.0 Å². The minimum Gasteiger partial charge on any atom is -0.478 e. The molecule has 234 valence electrons. The molecule has 1 atom stereocenters. The summed E-state index contributed by atoms with van der Waals surface area (Å²) in [5, 5.41) is 42.9. The van der Waals surface area contributed by atoms with Crippen LogP contribution in [0.3, 0.4) is 0 Å². The second-order valence-corrected chi connectivity index (χ2v) is 10.0. The van der Waals surface area contributed by atoms with Gasteiger partial charge < -0.3 is 24.2 Å². The quantitative estimate of drug-likeness (QED) is 0.120. The molecule has 46 heavy (non-hydrogen) atoms. The zero-order chi connectivity index (χ0) is 33.5. The number of nitrogens with zero attached hydrogens (tertiary/aromatic N) is 6. The Morgan fingerprint density at radius 3 is 2.26 bits per heavy atom. The van der Waals surface area contributed by atoms with Crippen LogP contribution < -0.4 is 14.2 Å². The number of hydrogen-bond acceptors (Lipinski definition) is 13. The Balaban J connectivity index is 1.83. The van der Waals surface area contributed by atoms with E-state index in [1.165, 1.54) is 29.2 Å². The van der Waals surface area contributed by atoms with Crippen LogP contribution in [0.4, 0.5) is 11.4 Å². The maximum Gasteiger partial charge on any atom is 0.392 e. The van der Waals surface area contributed by atoms with E-state index in [2.05, 4.69) is 22.6 Å². The summed E-state index contributed by atoms with van der Waals surface area (Å²) in [5.74, 6) is -3.83. The van der Waals surface area contributed by atoms with Gasteiger partial charge in [0.05, 0.1) is 15.9 Å². The van der Waals surface area contributed by atoms with Gasteiger partial charge in [0.2, 0.25) is 6.10 Å². The molecule has 0 saturated carbocycles. The number of benzene rings is 3. The van der Waals surface area contributed by atoms with E-state index in [0.29, 0.717) is 10.5 Å². The second-order valence-electron chi connectivity index (χ2n) is 9.52. The topological polar surface area (TPSA) is 221 Å². The van der Waals surface area contributed by atoms with E-state index in [1.807, 2.05) is 0 Å². The van der Waals surface area contributed by atoms with Crippen molar-refractivity contribution in [3.63, 3.8) is 0 Å². The minimum absolute atomic E-state index is 0.0223. The molecule has 0 radical (unpaired) electrons. The van der Waals surface area contributed by atoms with Gasteiger partial charge in [-0.3, -0.25) is 25.0 Å². The number of nitriles is 1. The molecule has 1 aromatic heterocycles. The van der Waals surface area contributed by atoms with Crippen LogP contribution in [0.1, 0.15) is 21.5 Å². The number of nitro benzene ring substituents is 1. The molecule has 0 bridgehead atoms. The summed E-state index contributed by atoms with van der Waals surface area (Å²) in [6, 6.07) is 16.3. The fraction of sp³-hybridized carbons (Fsp3) is 0.138. The monoisotopic (exact) mass is 646 g/mol. The molecule has 1 N–H and O–H groups in total. The molecule has 16 nitrogen and oxygen atoms in total. The predicted octanol–water partition coefficient (Wildman–Crippen LogP) is 4.81. The van der Waals surface area contributed by atoms with Gasteiger partial charge in [-0.1, -0.05) is 18.2 Å². The number of aromatic nitrogens is 2. The molecule has 1 amide bonds. The maximum absolute atomic E-state index is 12.5. The normalized spacial score (nSPS) is 11.1. The van der Waals surface area contributed by atoms with Crippen molar-refractivity contribution in [3.8, 4) is 35.3 Å². The van der Waals surface area contributed by atoms with E-state index in [1.54, 1.807) is 44.4 Å². The van der Waals surface area contributed by atoms with Crippen LogP contribution >= 0.6 is 12.6 Å². The van der Waals surface area contributed by atoms with E-state index < -0.39 is 51.1 Å². The molecule has 0 aliphatic heterocycles. The highest BCUT2D eigenvalue weighted by Crippen LogP contribution is 2.40. The van der Waals surface area contributed by atoms with Crippen LogP contribution in [0.5, 0.6) is 29.3 Å². The molecular weight excluding hydrogens is 624 g/mol. The van der Waals surface area contributed by atoms with E-state index in [4.69, 9.17) is 14.2 Å². The van der Waals surface area contributed by atoms with Crippen LogP contribution in [-0.4, -0.2) is 61.9 Å². The minimum atomic E-state index is -1.70. The Morgan fingerprint density at radius 1 is 0.978 bits per heavy atom. The summed E-state index contributed by atoms with van der Waals surface area (Å²) in [4.78, 5) is 56.4. The molecule has 3 aromatic carbocycles. The van der Waals surface area contributed by atoms with Gasteiger partial charge in [0.1, 0.15) is 23.1 Å². The van der Waals surface area contributed by atoms with Crippen LogP contribution in [0.25, 0.3) is 0 Å². The van der Waals surface area contributed by atoms with Crippen LogP contribution in [0.2, 0.25) is 0 Å². The SMILES string of the molecule is CN(C)C(=O)c1cccc(Oc2nc(Oc3ccc(C#N)c([N+](=O)[O-])c3)c([N+](=O)[O-])c(OC(Cc3ccc(S)cc3)C(=O)O)n2)c1. The average Bonchev–Trinajstić information content (AvgIpc) is 3.01. The molecule has 0 aliphatic carbocycles. The molecular formula is C29H22N6O10S. The standard InChI is InChI=1S/C29H22N6O10S/c1-33(2)27(36)17-4-3-5-19(13-17)44-29-31-25(43-20-9-8-18(15-30)22(14-20)34(39)40)24(35(41)42)26(32-29)45-23(28(37)38)12-16-6-10-21(46)11-7-16/h3-11,13-14,23,46H,12H2,1-2H3,(H,37,38). The van der Waals surface area contributed by atoms with Gasteiger partial charge >= 0.3 is 29.4 Å². The van der Waals surface area contributed by atoms with E-state index in [0.717, 1.165) is 18.2 Å². The van der Waals surface area contributed by atoms with Crippen molar-refractivity contribution in [2.75, 3.05) is 14.1 Å². The molecule has 4 rings (SSSR count). The Labute approximate surface area is 265 Å². The van der Waals surface area contributed by atoms with Crippen LogP contribution in [0.15, 0.2) is 71.6 Å². The zero-order valence-electron chi connectivity index (χ0n) is 23.9. The van der Waals surface area contributed by atoms with Gasteiger partial charge in [-0.05, 0) is 48.0 Å². The lowest BCUT2D eigenvalue weighted by Crippen LogP contribution is -2.30. The number of carboxylic acids is 1. The average molecular weight is 647 g/mol. The molecule has 0 fully saturated rings. The predicted molar refractivity (Wildman–Crippen MR) is 161 cm³/mol. The summed E-state index contributed by atoms with van der Waals surface area (Å²) in [6.07, 6.45) is -1.94. The van der Waals surface area contributed by atoms with Crippen molar-refractivity contribution in [2.45, 2.75) is 17.4 Å². The van der Waals surface area contributed by atoms with Crippen molar-refractivity contribution < 1.29 is 38.8 Å². The fourth-order valence-electron chi connectivity index (χ4n) is 3.90. The second kappa shape index (κ2) is 14.0. The van der Waals surface area contributed by atoms with Crippen LogP contribution in [-0.2, 0) is 11.2 Å². The lowest BCUT2D eigenvalue weighted by atomic mass is 10.1. The first-order valence-corrected chi connectivity index (χ1v) is 13.4. The summed E-state index contributed by atoms with van der Waals surface area (Å²) < 4.78 is 16.8. The van der Waals surface area contributed by atoms with Gasteiger partial charge in [-0.25, -0.2) is 4.79 Å². The number of thiol groups is 1. The van der Waals surface area contributed by atoms with E-state index in [-0.39, 0.29) is 35.0 Å². The number of rotatable bonds is 12. The molecule has 0 saturated heterocycles. The number of aliphatic carboxylic acids is 1. The van der Waals surface area contributed by atoms with E-state index in [9.17, 15) is 40.2 Å². The highest BCUT2D eigenvalue weighted by Gasteiger charge is 2.33. The largest absolute Gasteiger partial charge is 0.478 e. The Morgan fingerprint density at radius 2 is 1.65 bits per heavy atom. The molecule has 17 heteroatoms. The number of nitro groups is 2. The number of carboxylic acid groups (broad SMARTS) is 1. The Bertz CT molecular complexity index is 1880. The molecule has 4 aromatic rings. The smallest absolute Gasteiger partial charge is 0.392 e. The first-order valence-electron chi connectivity index (χ1n) is 13.0. The summed E-state index contributed by atoms with van der Waals surface area (Å²) in [7, 11) is 3.09. The summed E-state index contributed by atoms with van der Waals surface area (Å²) in [5.41, 5.74) is -1.24. The van der Waals surface area contributed by atoms with Gasteiger partial charge in [-0.2, -0.15) is 15.2 Å². The Hall–Kier alpha value is -6.28. The van der Waals surface area contributed by atoms with Crippen molar-refractivity contribution in [2.24, 2.45) is 0 Å².